The van der Waals surface area contributed by atoms with Gasteiger partial charge in [-0.05, 0) is 23.3 Å². The van der Waals surface area contributed by atoms with E-state index in [1.165, 1.54) is 0 Å². The van der Waals surface area contributed by atoms with Crippen LogP contribution in [-0.2, 0) is 6.54 Å². The summed E-state index contributed by atoms with van der Waals surface area (Å²) >= 11 is 6.16. The van der Waals surface area contributed by atoms with Gasteiger partial charge in [-0.2, -0.15) is 0 Å². The molecule has 0 bridgehead atoms. The molecule has 4 nitrogen and oxygen atoms in total. The third-order valence-electron chi connectivity index (χ3n) is 3.42. The molecule has 2 aromatic rings. The van der Waals surface area contributed by atoms with Crippen LogP contribution < -0.4 is 14.8 Å². The second kappa shape index (κ2) is 6.35. The first-order valence-corrected chi connectivity index (χ1v) is 7.13. The van der Waals surface area contributed by atoms with Crippen molar-refractivity contribution in [2.24, 2.45) is 0 Å². The minimum absolute atomic E-state index is 0.0301. The number of benzene rings is 2. The highest BCUT2D eigenvalue weighted by Gasteiger charge is 2.18. The van der Waals surface area contributed by atoms with Gasteiger partial charge in [-0.25, -0.2) is 0 Å². The van der Waals surface area contributed by atoms with Crippen LogP contribution in [0.1, 0.15) is 17.2 Å². The number of fused-ring (bicyclic) bond motifs is 1. The third kappa shape index (κ3) is 3.13. The number of rotatable bonds is 5. The molecule has 0 spiro atoms. The van der Waals surface area contributed by atoms with E-state index in [0.29, 0.717) is 23.1 Å². The zero-order valence-electron chi connectivity index (χ0n) is 11.4. The van der Waals surface area contributed by atoms with E-state index in [0.717, 1.165) is 11.1 Å². The number of halogens is 1. The molecule has 0 aromatic heterocycles. The van der Waals surface area contributed by atoms with Gasteiger partial charge in [0.1, 0.15) is 0 Å². The summed E-state index contributed by atoms with van der Waals surface area (Å²) in [6.07, 6.45) is 0. The van der Waals surface area contributed by atoms with E-state index >= 15 is 0 Å². The van der Waals surface area contributed by atoms with E-state index in [-0.39, 0.29) is 19.4 Å². The van der Waals surface area contributed by atoms with Crippen LogP contribution in [0.4, 0.5) is 0 Å². The van der Waals surface area contributed by atoms with Crippen LogP contribution in [0.15, 0.2) is 42.5 Å². The average Bonchev–Trinajstić information content (AvgIpc) is 2.98. The quantitative estimate of drug-likeness (QED) is 0.892. The van der Waals surface area contributed by atoms with Crippen LogP contribution in [0.3, 0.4) is 0 Å². The second-order valence-electron chi connectivity index (χ2n) is 4.84. The number of aliphatic hydroxyl groups is 1. The van der Waals surface area contributed by atoms with Gasteiger partial charge in [0.2, 0.25) is 6.79 Å². The van der Waals surface area contributed by atoms with Crippen molar-refractivity contribution in [2.75, 3.05) is 13.4 Å². The largest absolute Gasteiger partial charge is 0.454 e. The molecule has 5 heteroatoms. The first-order valence-electron chi connectivity index (χ1n) is 6.75. The lowest BCUT2D eigenvalue weighted by atomic mass is 10.1. The average molecular weight is 306 g/mol. The molecule has 1 atom stereocenters. The Hall–Kier alpha value is -1.75. The van der Waals surface area contributed by atoms with Crippen molar-refractivity contribution in [3.05, 3.63) is 58.6 Å². The van der Waals surface area contributed by atoms with E-state index in [9.17, 15) is 5.11 Å². The first-order chi connectivity index (χ1) is 10.3. The molecule has 0 amide bonds. The van der Waals surface area contributed by atoms with Crippen molar-refractivity contribution >= 4 is 11.6 Å². The van der Waals surface area contributed by atoms with Gasteiger partial charge in [0.05, 0.1) is 17.7 Å². The maximum Gasteiger partial charge on any atom is 0.231 e. The minimum atomic E-state index is -0.115. The molecular weight excluding hydrogens is 290 g/mol. The molecule has 0 saturated heterocycles. The molecule has 0 unspecified atom stereocenters. The Balaban J connectivity index is 1.71. The molecule has 2 N–H and O–H groups in total. The maximum absolute atomic E-state index is 9.53. The topological polar surface area (TPSA) is 50.7 Å². The summed E-state index contributed by atoms with van der Waals surface area (Å²) in [7, 11) is 0. The van der Waals surface area contributed by atoms with Crippen LogP contribution in [0, 0.1) is 0 Å². The van der Waals surface area contributed by atoms with Crippen LogP contribution in [0.25, 0.3) is 0 Å². The smallest absolute Gasteiger partial charge is 0.231 e. The molecule has 110 valence electrons. The Kier molecular flexibility index (Phi) is 4.29. The summed E-state index contributed by atoms with van der Waals surface area (Å²) < 4.78 is 10.6. The van der Waals surface area contributed by atoms with Crippen molar-refractivity contribution in [1.29, 1.82) is 0 Å². The molecule has 0 aliphatic carbocycles. The molecular formula is C16H16ClNO3. The summed E-state index contributed by atoms with van der Waals surface area (Å²) in [5.74, 6) is 1.27. The predicted molar refractivity (Wildman–Crippen MR) is 80.7 cm³/mol. The zero-order valence-corrected chi connectivity index (χ0v) is 12.1. The fourth-order valence-corrected chi connectivity index (χ4v) is 2.62. The molecule has 1 aliphatic rings. The van der Waals surface area contributed by atoms with Gasteiger partial charge in [0, 0.05) is 6.54 Å². The van der Waals surface area contributed by atoms with Gasteiger partial charge >= 0.3 is 0 Å². The highest BCUT2D eigenvalue weighted by molar-refractivity contribution is 6.32. The molecule has 0 saturated carbocycles. The lowest BCUT2D eigenvalue weighted by molar-refractivity contribution is 0.174. The van der Waals surface area contributed by atoms with Crippen LogP contribution in [-0.4, -0.2) is 18.5 Å². The summed E-state index contributed by atoms with van der Waals surface area (Å²) in [6, 6.07) is 13.5. The van der Waals surface area contributed by atoms with Gasteiger partial charge in [-0.3, -0.25) is 0 Å². The summed E-state index contributed by atoms with van der Waals surface area (Å²) in [5, 5.41) is 13.4. The van der Waals surface area contributed by atoms with Crippen molar-refractivity contribution in [3.63, 3.8) is 0 Å². The highest BCUT2D eigenvalue weighted by Crippen LogP contribution is 2.39. The van der Waals surface area contributed by atoms with E-state index < -0.39 is 0 Å². The van der Waals surface area contributed by atoms with Crippen LogP contribution in [0.5, 0.6) is 11.5 Å². The predicted octanol–water partition coefficient (Wildman–Crippen LogP) is 2.89. The van der Waals surface area contributed by atoms with Crippen molar-refractivity contribution in [3.8, 4) is 11.5 Å². The summed E-state index contributed by atoms with van der Waals surface area (Å²) in [5.41, 5.74) is 2.03. The lowest BCUT2D eigenvalue weighted by Crippen LogP contribution is -2.23. The van der Waals surface area contributed by atoms with Gasteiger partial charge < -0.3 is 19.9 Å². The number of ether oxygens (including phenoxy) is 2. The van der Waals surface area contributed by atoms with Gasteiger partial charge in [-0.15, -0.1) is 0 Å². The van der Waals surface area contributed by atoms with Crippen molar-refractivity contribution < 1.29 is 14.6 Å². The Morgan fingerprint density at radius 2 is 2.00 bits per heavy atom. The molecule has 21 heavy (non-hydrogen) atoms. The lowest BCUT2D eigenvalue weighted by Gasteiger charge is -2.17. The normalized spacial score (nSPS) is 14.2. The number of nitrogens with one attached hydrogen (secondary N) is 1. The Morgan fingerprint density at radius 1 is 1.19 bits per heavy atom. The van der Waals surface area contributed by atoms with E-state index in [1.807, 2.05) is 42.5 Å². The first kappa shape index (κ1) is 14.2. The molecule has 3 rings (SSSR count). The van der Waals surface area contributed by atoms with E-state index in [2.05, 4.69) is 5.32 Å². The van der Waals surface area contributed by atoms with Crippen LogP contribution in [0.2, 0.25) is 5.02 Å². The number of aliphatic hydroxyl groups excluding tert-OH is 1. The maximum atomic E-state index is 9.53. The molecule has 0 fully saturated rings. The monoisotopic (exact) mass is 305 g/mol. The molecule has 0 radical (unpaired) electrons. The zero-order chi connectivity index (χ0) is 14.7. The second-order valence-corrected chi connectivity index (χ2v) is 5.25. The summed E-state index contributed by atoms with van der Waals surface area (Å²) in [4.78, 5) is 0. The Morgan fingerprint density at radius 3 is 2.76 bits per heavy atom. The standard InChI is InChI=1S/C16H16ClNO3/c17-13-6-11(7-15-16(13)21-10-20-15)8-18-14(9-19)12-4-2-1-3-5-12/h1-7,14,18-19H,8-10H2/t14-/m0/s1. The minimum Gasteiger partial charge on any atom is -0.454 e. The third-order valence-corrected chi connectivity index (χ3v) is 3.70. The van der Waals surface area contributed by atoms with Crippen LogP contribution >= 0.6 is 11.6 Å². The van der Waals surface area contributed by atoms with E-state index in [1.54, 1.807) is 0 Å². The van der Waals surface area contributed by atoms with Crippen molar-refractivity contribution in [2.45, 2.75) is 12.6 Å². The molecule has 1 heterocycles. The fraction of sp³-hybridized carbons (Fsp3) is 0.250. The fourth-order valence-electron chi connectivity index (χ4n) is 2.34. The molecule has 2 aromatic carbocycles. The highest BCUT2D eigenvalue weighted by atomic mass is 35.5. The van der Waals surface area contributed by atoms with Gasteiger partial charge in [0.15, 0.2) is 11.5 Å². The Labute approximate surface area is 128 Å². The SMILES string of the molecule is OC[C@H](NCc1cc(Cl)c2c(c1)OCO2)c1ccccc1. The molecule has 1 aliphatic heterocycles. The van der Waals surface area contributed by atoms with E-state index in [4.69, 9.17) is 21.1 Å². The Bertz CT molecular complexity index is 618. The number of hydrogen-bond donors (Lipinski definition) is 2. The number of hydrogen-bond acceptors (Lipinski definition) is 4. The van der Waals surface area contributed by atoms with Crippen molar-refractivity contribution in [1.82, 2.24) is 5.32 Å². The van der Waals surface area contributed by atoms with Gasteiger partial charge in [0.25, 0.3) is 0 Å². The summed E-state index contributed by atoms with van der Waals surface area (Å²) in [6.45, 7) is 0.813. The van der Waals surface area contributed by atoms with Gasteiger partial charge in [-0.1, -0.05) is 41.9 Å².